The molecule has 0 radical (unpaired) electrons. The second-order valence-electron chi connectivity index (χ2n) is 6.57. The van der Waals surface area contributed by atoms with Crippen molar-refractivity contribution in [2.75, 3.05) is 18.8 Å². The summed E-state index contributed by atoms with van der Waals surface area (Å²) in [6, 6.07) is 10.3. The Kier molecular flexibility index (Phi) is 6.02. The molecule has 1 aromatic carbocycles. The summed E-state index contributed by atoms with van der Waals surface area (Å²) in [5, 5.41) is 11.1. The average Bonchev–Trinajstić information content (AvgIpc) is 3.30. The molecule has 0 aliphatic carbocycles. The predicted octanol–water partition coefficient (Wildman–Crippen LogP) is 3.21. The summed E-state index contributed by atoms with van der Waals surface area (Å²) in [6.07, 6.45) is 6.33. The van der Waals surface area contributed by atoms with E-state index in [1.54, 1.807) is 6.20 Å². The van der Waals surface area contributed by atoms with Gasteiger partial charge in [0.1, 0.15) is 0 Å². The molecule has 134 valence electrons. The van der Waals surface area contributed by atoms with Crippen LogP contribution in [-0.4, -0.2) is 39.3 Å². The minimum absolute atomic E-state index is 0.335. The first-order chi connectivity index (χ1) is 12.2. The van der Waals surface area contributed by atoms with Crippen molar-refractivity contribution in [1.82, 2.24) is 20.4 Å². The first-order valence-electron chi connectivity index (χ1n) is 8.94. The number of aromatic nitrogens is 2. The molecule has 1 unspecified atom stereocenters. The molecule has 0 bridgehead atoms. The van der Waals surface area contributed by atoms with E-state index in [0.29, 0.717) is 11.3 Å². The Morgan fingerprint density at radius 1 is 1.32 bits per heavy atom. The molecule has 0 saturated carbocycles. The fourth-order valence-electron chi connectivity index (χ4n) is 2.93. The molecule has 2 aromatic rings. The average molecular weight is 358 g/mol. The zero-order valence-electron chi connectivity index (χ0n) is 15.0. The van der Waals surface area contributed by atoms with E-state index >= 15 is 0 Å². The summed E-state index contributed by atoms with van der Waals surface area (Å²) in [5.74, 6) is 2.17. The molecule has 5 nitrogen and oxygen atoms in total. The van der Waals surface area contributed by atoms with Crippen molar-refractivity contribution in [1.29, 1.82) is 0 Å². The summed E-state index contributed by atoms with van der Waals surface area (Å²) in [7, 11) is 0. The van der Waals surface area contributed by atoms with Gasteiger partial charge in [-0.25, -0.2) is 9.67 Å². The Morgan fingerprint density at radius 2 is 2.16 bits per heavy atom. The van der Waals surface area contributed by atoms with Crippen LogP contribution in [0.4, 0.5) is 0 Å². The van der Waals surface area contributed by atoms with Gasteiger partial charge in [0.2, 0.25) is 0 Å². The molecule has 0 amide bonds. The zero-order chi connectivity index (χ0) is 17.5. The van der Waals surface area contributed by atoms with Gasteiger partial charge < -0.3 is 10.6 Å². The summed E-state index contributed by atoms with van der Waals surface area (Å²) >= 11 is 2.07. The van der Waals surface area contributed by atoms with Crippen molar-refractivity contribution in [3.63, 3.8) is 0 Å². The molecule has 0 spiro atoms. The lowest BCUT2D eigenvalue weighted by molar-refractivity contribution is 0.584. The largest absolute Gasteiger partial charge is 0.357 e. The molecule has 1 atom stereocenters. The van der Waals surface area contributed by atoms with E-state index in [4.69, 9.17) is 4.99 Å². The van der Waals surface area contributed by atoms with E-state index in [1.807, 2.05) is 16.9 Å². The van der Waals surface area contributed by atoms with Crippen LogP contribution < -0.4 is 10.6 Å². The second kappa shape index (κ2) is 8.43. The maximum absolute atomic E-state index is 4.73. The third kappa shape index (κ3) is 5.01. The van der Waals surface area contributed by atoms with Gasteiger partial charge >= 0.3 is 0 Å². The number of rotatable bonds is 6. The van der Waals surface area contributed by atoms with Crippen molar-refractivity contribution in [2.45, 2.75) is 38.0 Å². The standard InChI is InChI=1S/C19H27N5S/c1-3-20-18(22-15-19(2)10-4-13-25-19)21-14-16-6-8-17(9-7-16)24-12-5-11-23-24/h5-9,11-12H,3-4,10,13-15H2,1-2H3,(H2,20,21,22). The van der Waals surface area contributed by atoms with Crippen LogP contribution in [0.5, 0.6) is 0 Å². The van der Waals surface area contributed by atoms with Crippen LogP contribution in [0.1, 0.15) is 32.3 Å². The van der Waals surface area contributed by atoms with Crippen LogP contribution in [0.15, 0.2) is 47.7 Å². The molecule has 1 saturated heterocycles. The van der Waals surface area contributed by atoms with Crippen molar-refractivity contribution >= 4 is 17.7 Å². The summed E-state index contributed by atoms with van der Waals surface area (Å²) in [5.41, 5.74) is 2.25. The van der Waals surface area contributed by atoms with Gasteiger partial charge in [-0.05, 0) is 56.2 Å². The Hall–Kier alpha value is -1.95. The highest BCUT2D eigenvalue weighted by Gasteiger charge is 2.29. The molecule has 2 N–H and O–H groups in total. The molecule has 25 heavy (non-hydrogen) atoms. The lowest BCUT2D eigenvalue weighted by Gasteiger charge is -2.24. The van der Waals surface area contributed by atoms with Crippen LogP contribution in [0.2, 0.25) is 0 Å². The van der Waals surface area contributed by atoms with Crippen molar-refractivity contribution in [2.24, 2.45) is 4.99 Å². The number of hydrogen-bond acceptors (Lipinski definition) is 3. The number of hydrogen-bond donors (Lipinski definition) is 2. The second-order valence-corrected chi connectivity index (χ2v) is 8.25. The molecule has 1 aliphatic rings. The number of thioether (sulfide) groups is 1. The number of nitrogens with zero attached hydrogens (tertiary/aromatic N) is 3. The summed E-state index contributed by atoms with van der Waals surface area (Å²) in [6.45, 7) is 6.94. The van der Waals surface area contributed by atoms with E-state index < -0.39 is 0 Å². The van der Waals surface area contributed by atoms with Gasteiger partial charge in [-0.3, -0.25) is 0 Å². The molecular formula is C19H27N5S. The Morgan fingerprint density at radius 3 is 2.80 bits per heavy atom. The van der Waals surface area contributed by atoms with E-state index in [2.05, 4.69) is 65.6 Å². The van der Waals surface area contributed by atoms with E-state index in [9.17, 15) is 0 Å². The van der Waals surface area contributed by atoms with Crippen molar-refractivity contribution < 1.29 is 0 Å². The van der Waals surface area contributed by atoms with Crippen LogP contribution in [0, 0.1) is 0 Å². The van der Waals surface area contributed by atoms with Crippen LogP contribution in [-0.2, 0) is 6.54 Å². The van der Waals surface area contributed by atoms with Crippen LogP contribution in [0.25, 0.3) is 5.69 Å². The van der Waals surface area contributed by atoms with E-state index in [1.165, 1.54) is 24.2 Å². The zero-order valence-corrected chi connectivity index (χ0v) is 15.9. The highest BCUT2D eigenvalue weighted by Crippen LogP contribution is 2.36. The minimum Gasteiger partial charge on any atom is -0.357 e. The lowest BCUT2D eigenvalue weighted by atomic mass is 10.1. The quantitative estimate of drug-likeness (QED) is 0.616. The summed E-state index contributed by atoms with van der Waals surface area (Å²) < 4.78 is 2.19. The number of nitrogens with one attached hydrogen (secondary N) is 2. The van der Waals surface area contributed by atoms with Crippen molar-refractivity contribution in [3.05, 3.63) is 48.3 Å². The smallest absolute Gasteiger partial charge is 0.191 e. The Bertz CT molecular complexity index is 672. The van der Waals surface area contributed by atoms with E-state index in [0.717, 1.165) is 24.7 Å². The van der Waals surface area contributed by atoms with Crippen LogP contribution >= 0.6 is 11.8 Å². The number of benzene rings is 1. The SMILES string of the molecule is CCNC(=NCc1ccc(-n2cccn2)cc1)NCC1(C)CCCS1. The van der Waals surface area contributed by atoms with Crippen LogP contribution in [0.3, 0.4) is 0 Å². The van der Waals surface area contributed by atoms with Gasteiger partial charge in [0.05, 0.1) is 12.2 Å². The maximum Gasteiger partial charge on any atom is 0.191 e. The fourth-order valence-corrected chi connectivity index (χ4v) is 4.18. The van der Waals surface area contributed by atoms with Gasteiger partial charge in [0.15, 0.2) is 5.96 Å². The Balaban J connectivity index is 1.58. The molecule has 2 heterocycles. The first-order valence-corrected chi connectivity index (χ1v) is 9.92. The number of guanidine groups is 1. The highest BCUT2D eigenvalue weighted by molar-refractivity contribution is 8.00. The van der Waals surface area contributed by atoms with Gasteiger partial charge in [-0.2, -0.15) is 16.9 Å². The van der Waals surface area contributed by atoms with Crippen molar-refractivity contribution in [3.8, 4) is 5.69 Å². The Labute approximate surface area is 154 Å². The van der Waals surface area contributed by atoms with Gasteiger partial charge in [-0.15, -0.1) is 0 Å². The molecule has 1 aliphatic heterocycles. The summed E-state index contributed by atoms with van der Waals surface area (Å²) in [4.78, 5) is 4.73. The predicted molar refractivity (Wildman–Crippen MR) is 106 cm³/mol. The molecular weight excluding hydrogens is 330 g/mol. The third-order valence-corrected chi connectivity index (χ3v) is 5.94. The van der Waals surface area contributed by atoms with E-state index in [-0.39, 0.29) is 0 Å². The molecule has 3 rings (SSSR count). The first kappa shape index (κ1) is 17.9. The third-order valence-electron chi connectivity index (χ3n) is 4.40. The fraction of sp³-hybridized carbons (Fsp3) is 0.474. The molecule has 1 aromatic heterocycles. The van der Waals surface area contributed by atoms with Gasteiger partial charge in [0.25, 0.3) is 0 Å². The highest BCUT2D eigenvalue weighted by atomic mass is 32.2. The maximum atomic E-state index is 4.73. The van der Waals surface area contributed by atoms with Gasteiger partial charge in [-0.1, -0.05) is 12.1 Å². The normalized spacial score (nSPS) is 20.6. The molecule has 1 fully saturated rings. The minimum atomic E-state index is 0.335. The number of aliphatic imine (C=N–C) groups is 1. The lowest BCUT2D eigenvalue weighted by Crippen LogP contribution is -2.43. The molecule has 6 heteroatoms. The van der Waals surface area contributed by atoms with Gasteiger partial charge in [0, 0.05) is 30.2 Å². The monoisotopic (exact) mass is 357 g/mol. The topological polar surface area (TPSA) is 54.2 Å².